The van der Waals surface area contributed by atoms with E-state index in [1.165, 1.54) is 0 Å². The van der Waals surface area contributed by atoms with Crippen LogP contribution < -0.4 is 10.6 Å². The summed E-state index contributed by atoms with van der Waals surface area (Å²) in [6.45, 7) is 0.701. The summed E-state index contributed by atoms with van der Waals surface area (Å²) in [6.07, 6.45) is 2.82. The molecule has 82 valence electrons. The van der Waals surface area contributed by atoms with Gasteiger partial charge >= 0.3 is 11.8 Å². The Hall–Kier alpha value is -1.43. The highest BCUT2D eigenvalue weighted by molar-refractivity contribution is 6.45. The number of rotatable bonds is 4. The summed E-state index contributed by atoms with van der Waals surface area (Å²) in [4.78, 5) is 25.7. The first-order chi connectivity index (χ1) is 7.15. The molecule has 3 N–H and O–H groups in total. The molecule has 1 aliphatic carbocycles. The Bertz CT molecular complexity index is 315. The van der Waals surface area contributed by atoms with Crippen LogP contribution in [0.2, 0.25) is 0 Å². The first-order valence-electron chi connectivity index (χ1n) is 4.93. The van der Waals surface area contributed by atoms with Crippen LogP contribution in [0.1, 0.15) is 19.3 Å². The fourth-order valence-electron chi connectivity index (χ4n) is 1.59. The lowest BCUT2D eigenvalue weighted by Crippen LogP contribution is -2.27. The Morgan fingerprint density at radius 2 is 1.87 bits per heavy atom. The van der Waals surface area contributed by atoms with Crippen molar-refractivity contribution in [3.05, 3.63) is 0 Å². The number of amides is 2. The summed E-state index contributed by atoms with van der Waals surface area (Å²) in [6, 6.07) is 0. The van der Waals surface area contributed by atoms with Gasteiger partial charge in [0.1, 0.15) is 0 Å². The van der Waals surface area contributed by atoms with Crippen molar-refractivity contribution in [3.63, 3.8) is 0 Å². The molecule has 0 unspecified atom stereocenters. The molecule has 2 amide bonds. The number of aliphatic hydroxyl groups is 1. The maximum Gasteiger partial charge on any atom is 0.316 e. The topological polar surface area (TPSA) is 90.8 Å². The second-order valence-electron chi connectivity index (χ2n) is 4.05. The minimum Gasteiger partial charge on any atom is -0.396 e. The van der Waals surface area contributed by atoms with E-state index in [-0.39, 0.29) is 18.0 Å². The quantitative estimate of drug-likeness (QED) is 0.507. The highest BCUT2D eigenvalue weighted by atomic mass is 16.3. The van der Waals surface area contributed by atoms with Gasteiger partial charge in [-0.2, -0.15) is 0 Å². The van der Waals surface area contributed by atoms with Gasteiger partial charge in [-0.05, 0) is 24.7 Å². The molecule has 0 aromatic carbocycles. The number of hydrogen-bond acceptors (Lipinski definition) is 4. The molecule has 1 saturated heterocycles. The molecule has 0 radical (unpaired) electrons. The normalized spacial score (nSPS) is 22.3. The molecule has 1 heterocycles. The minimum atomic E-state index is -0.666. The van der Waals surface area contributed by atoms with Crippen molar-refractivity contribution in [1.29, 1.82) is 0 Å². The third-order valence-corrected chi connectivity index (χ3v) is 2.84. The van der Waals surface area contributed by atoms with Gasteiger partial charge in [0.15, 0.2) is 0 Å². The number of hydrogen-bond donors (Lipinski definition) is 3. The summed E-state index contributed by atoms with van der Waals surface area (Å²) in [5.74, 6) is -1.10. The zero-order valence-corrected chi connectivity index (χ0v) is 8.25. The van der Waals surface area contributed by atoms with E-state index in [0.717, 1.165) is 19.3 Å². The number of carbonyl (C=O) groups excluding carboxylic acids is 2. The number of guanidine groups is 1. The van der Waals surface area contributed by atoms with E-state index < -0.39 is 11.8 Å². The standard InChI is InChI=1S/C9H13N3O3/c13-4-3-9(1-2-9)5-10-8-11-6(14)7(15)12-8/h13H,1-5H2,(H2,10,11,12,14,15). The largest absolute Gasteiger partial charge is 0.396 e. The number of aliphatic imine (C=N–C) groups is 1. The zero-order chi connectivity index (χ0) is 10.9. The van der Waals surface area contributed by atoms with Gasteiger partial charge in [-0.15, -0.1) is 0 Å². The lowest BCUT2D eigenvalue weighted by molar-refractivity contribution is -0.135. The van der Waals surface area contributed by atoms with Crippen molar-refractivity contribution in [2.24, 2.45) is 10.4 Å². The lowest BCUT2D eigenvalue weighted by Gasteiger charge is -2.09. The van der Waals surface area contributed by atoms with Gasteiger partial charge in [0, 0.05) is 13.2 Å². The SMILES string of the molecule is O=C1NC(=NCC2(CCO)CC2)NC1=O. The molecule has 1 saturated carbocycles. The van der Waals surface area contributed by atoms with Crippen LogP contribution in [0.15, 0.2) is 4.99 Å². The van der Waals surface area contributed by atoms with Gasteiger partial charge in [0.2, 0.25) is 5.96 Å². The molecule has 0 bridgehead atoms. The van der Waals surface area contributed by atoms with Crippen LogP contribution in [0.4, 0.5) is 0 Å². The van der Waals surface area contributed by atoms with Crippen LogP contribution in [-0.2, 0) is 9.59 Å². The molecule has 0 aromatic rings. The van der Waals surface area contributed by atoms with Crippen molar-refractivity contribution < 1.29 is 14.7 Å². The Balaban J connectivity index is 1.90. The van der Waals surface area contributed by atoms with Crippen LogP contribution in [-0.4, -0.2) is 36.0 Å². The molecule has 0 aromatic heterocycles. The Morgan fingerprint density at radius 1 is 1.27 bits per heavy atom. The fourth-order valence-corrected chi connectivity index (χ4v) is 1.59. The lowest BCUT2D eigenvalue weighted by atomic mass is 10.0. The van der Waals surface area contributed by atoms with Crippen molar-refractivity contribution in [1.82, 2.24) is 10.6 Å². The van der Waals surface area contributed by atoms with Crippen LogP contribution in [0.25, 0.3) is 0 Å². The third-order valence-electron chi connectivity index (χ3n) is 2.84. The minimum absolute atomic E-state index is 0.0970. The average Bonchev–Trinajstić information content (AvgIpc) is 2.88. The summed E-state index contributed by atoms with van der Waals surface area (Å²) >= 11 is 0. The van der Waals surface area contributed by atoms with E-state index in [9.17, 15) is 9.59 Å². The van der Waals surface area contributed by atoms with E-state index in [1.807, 2.05) is 0 Å². The monoisotopic (exact) mass is 211 g/mol. The van der Waals surface area contributed by atoms with Gasteiger partial charge in [-0.25, -0.2) is 0 Å². The maximum atomic E-state index is 10.8. The smallest absolute Gasteiger partial charge is 0.316 e. The maximum absolute atomic E-state index is 10.8. The molecule has 6 heteroatoms. The van der Waals surface area contributed by atoms with Crippen LogP contribution >= 0.6 is 0 Å². The molecular formula is C9H13N3O3. The van der Waals surface area contributed by atoms with Crippen molar-refractivity contribution in [2.45, 2.75) is 19.3 Å². The first-order valence-corrected chi connectivity index (χ1v) is 4.93. The molecule has 0 spiro atoms. The van der Waals surface area contributed by atoms with E-state index in [2.05, 4.69) is 15.6 Å². The summed E-state index contributed by atoms with van der Waals surface area (Å²) in [5.41, 5.74) is 0.0970. The molecule has 6 nitrogen and oxygen atoms in total. The first kappa shape index (κ1) is 10.1. The van der Waals surface area contributed by atoms with E-state index >= 15 is 0 Å². The Morgan fingerprint density at radius 3 is 2.33 bits per heavy atom. The van der Waals surface area contributed by atoms with Crippen LogP contribution in [0.5, 0.6) is 0 Å². The van der Waals surface area contributed by atoms with Gasteiger partial charge < -0.3 is 5.11 Å². The number of nitrogens with one attached hydrogen (secondary N) is 2. The fraction of sp³-hybridized carbons (Fsp3) is 0.667. The highest BCUT2D eigenvalue weighted by Gasteiger charge is 2.42. The second-order valence-corrected chi connectivity index (χ2v) is 4.05. The highest BCUT2D eigenvalue weighted by Crippen LogP contribution is 2.48. The number of nitrogens with zero attached hydrogens (tertiary/aromatic N) is 1. The molecular weight excluding hydrogens is 198 g/mol. The van der Waals surface area contributed by atoms with Crippen molar-refractivity contribution in [2.75, 3.05) is 13.2 Å². The molecule has 15 heavy (non-hydrogen) atoms. The van der Waals surface area contributed by atoms with Crippen molar-refractivity contribution >= 4 is 17.8 Å². The van der Waals surface area contributed by atoms with Crippen molar-refractivity contribution in [3.8, 4) is 0 Å². The van der Waals surface area contributed by atoms with E-state index in [1.54, 1.807) is 0 Å². The van der Waals surface area contributed by atoms with Gasteiger partial charge in [-0.1, -0.05) is 0 Å². The van der Waals surface area contributed by atoms with Gasteiger partial charge in [0.05, 0.1) is 0 Å². The van der Waals surface area contributed by atoms with Gasteiger partial charge in [-0.3, -0.25) is 25.2 Å². The van der Waals surface area contributed by atoms with E-state index in [0.29, 0.717) is 6.54 Å². The zero-order valence-electron chi connectivity index (χ0n) is 8.25. The number of aliphatic hydroxyl groups excluding tert-OH is 1. The average molecular weight is 211 g/mol. The molecule has 2 rings (SSSR count). The molecule has 2 aliphatic rings. The number of carbonyl (C=O) groups is 2. The second kappa shape index (κ2) is 3.62. The predicted octanol–water partition coefficient (Wildman–Crippen LogP) is -1.25. The van der Waals surface area contributed by atoms with E-state index in [4.69, 9.17) is 5.11 Å². The third kappa shape index (κ3) is 2.15. The Labute approximate surface area is 86.8 Å². The molecule has 0 atom stereocenters. The predicted molar refractivity (Wildman–Crippen MR) is 52.0 cm³/mol. The van der Waals surface area contributed by atoms with Crippen LogP contribution in [0.3, 0.4) is 0 Å². The molecule has 1 aliphatic heterocycles. The summed E-state index contributed by atoms with van der Waals surface area (Å²) < 4.78 is 0. The molecule has 2 fully saturated rings. The summed E-state index contributed by atoms with van der Waals surface area (Å²) in [7, 11) is 0. The van der Waals surface area contributed by atoms with Gasteiger partial charge in [0.25, 0.3) is 0 Å². The summed E-state index contributed by atoms with van der Waals surface area (Å²) in [5, 5.41) is 13.5. The van der Waals surface area contributed by atoms with Crippen LogP contribution in [0, 0.1) is 5.41 Å². The Kier molecular flexibility index (Phi) is 2.44.